The Labute approximate surface area is 224 Å². The average molecular weight is 519 g/mol. The zero-order valence-electron chi connectivity index (χ0n) is 24.4. The van der Waals surface area contributed by atoms with Gasteiger partial charge in [0.15, 0.2) is 0 Å². The van der Waals surface area contributed by atoms with E-state index in [2.05, 4.69) is 26.8 Å². The fraction of sp³-hybridized carbons (Fsp3) is 0.871. The molecule has 0 saturated heterocycles. The van der Waals surface area contributed by atoms with Gasteiger partial charge in [0.1, 0.15) is 12.2 Å². The normalized spacial score (nSPS) is 40.1. The number of hydrogen-bond donors (Lipinski definition) is 0. The number of fused-ring (bicyclic) bond motifs is 5. The minimum atomic E-state index is -0.396. The van der Waals surface area contributed by atoms with Crippen LogP contribution >= 0.6 is 0 Å². The van der Waals surface area contributed by atoms with E-state index in [9.17, 15) is 9.59 Å². The van der Waals surface area contributed by atoms with E-state index < -0.39 is 5.60 Å². The molecular weight excluding hydrogens is 468 g/mol. The van der Waals surface area contributed by atoms with Crippen molar-refractivity contribution in [2.75, 3.05) is 7.11 Å². The molecular formula is C31H50O6. The van der Waals surface area contributed by atoms with Crippen LogP contribution in [-0.2, 0) is 28.8 Å². The summed E-state index contributed by atoms with van der Waals surface area (Å²) in [5.41, 5.74) is 1.23. The third kappa shape index (κ3) is 5.52. The highest BCUT2D eigenvalue weighted by atomic mass is 17.2. The van der Waals surface area contributed by atoms with Crippen molar-refractivity contribution in [3.8, 4) is 0 Å². The molecule has 0 bridgehead atoms. The van der Waals surface area contributed by atoms with E-state index in [0.29, 0.717) is 36.0 Å². The molecule has 4 rings (SSSR count). The highest BCUT2D eigenvalue weighted by molar-refractivity contribution is 5.69. The SMILES string of the molecule is COC(=O)CC[C@@H](C)C1CCC2C3CC[C@@H]4C[C@H](OC(C)=O)CC[C@]4(C)C3=C[C@@H](OOC(C)(C)C)[C@@]21C. The third-order valence-corrected chi connectivity index (χ3v) is 10.6. The fourth-order valence-corrected chi connectivity index (χ4v) is 8.74. The predicted molar refractivity (Wildman–Crippen MR) is 142 cm³/mol. The molecule has 6 nitrogen and oxygen atoms in total. The van der Waals surface area contributed by atoms with E-state index in [-0.39, 0.29) is 35.0 Å². The first-order valence-electron chi connectivity index (χ1n) is 14.6. The maximum Gasteiger partial charge on any atom is 0.305 e. The van der Waals surface area contributed by atoms with Gasteiger partial charge in [0.05, 0.1) is 12.7 Å². The first kappa shape index (κ1) is 28.6. The first-order valence-corrected chi connectivity index (χ1v) is 14.6. The second-order valence-electron chi connectivity index (χ2n) is 13.9. The number of ether oxygens (including phenoxy) is 2. The number of hydrogen-bond acceptors (Lipinski definition) is 6. The summed E-state index contributed by atoms with van der Waals surface area (Å²) in [5, 5.41) is 0. The van der Waals surface area contributed by atoms with Crippen molar-refractivity contribution in [2.45, 2.75) is 124 Å². The molecule has 37 heavy (non-hydrogen) atoms. The number of carbonyl (C=O) groups excluding carboxylic acids is 2. The van der Waals surface area contributed by atoms with Gasteiger partial charge in [-0.25, -0.2) is 9.78 Å². The summed E-state index contributed by atoms with van der Waals surface area (Å²) >= 11 is 0. The van der Waals surface area contributed by atoms with Crippen LogP contribution in [0, 0.1) is 40.4 Å². The largest absolute Gasteiger partial charge is 0.469 e. The molecule has 0 heterocycles. The Balaban J connectivity index is 1.65. The van der Waals surface area contributed by atoms with Gasteiger partial charge in [0.25, 0.3) is 0 Å². The van der Waals surface area contributed by atoms with Crippen molar-refractivity contribution in [3.63, 3.8) is 0 Å². The van der Waals surface area contributed by atoms with Crippen LogP contribution in [0.1, 0.15) is 106 Å². The second kappa shape index (κ2) is 10.6. The number of allylic oxidation sites excluding steroid dienone is 1. The molecule has 3 fully saturated rings. The topological polar surface area (TPSA) is 71.1 Å². The summed E-state index contributed by atoms with van der Waals surface area (Å²) in [6.07, 6.45) is 11.3. The Morgan fingerprint density at radius 3 is 2.49 bits per heavy atom. The summed E-state index contributed by atoms with van der Waals surface area (Å²) in [6.45, 7) is 14.8. The zero-order valence-corrected chi connectivity index (χ0v) is 24.4. The Bertz CT molecular complexity index is 889. The van der Waals surface area contributed by atoms with Crippen LogP contribution in [0.25, 0.3) is 0 Å². The molecule has 0 N–H and O–H groups in total. The molecule has 0 aromatic rings. The molecule has 4 aliphatic carbocycles. The highest BCUT2D eigenvalue weighted by Crippen LogP contribution is 2.67. The van der Waals surface area contributed by atoms with Gasteiger partial charge in [-0.2, -0.15) is 0 Å². The average Bonchev–Trinajstić information content (AvgIpc) is 3.18. The van der Waals surface area contributed by atoms with Gasteiger partial charge in [-0.15, -0.1) is 0 Å². The smallest absolute Gasteiger partial charge is 0.305 e. The van der Waals surface area contributed by atoms with Gasteiger partial charge in [0.2, 0.25) is 0 Å². The van der Waals surface area contributed by atoms with Gasteiger partial charge in [0, 0.05) is 18.8 Å². The first-order chi connectivity index (χ1) is 17.3. The highest BCUT2D eigenvalue weighted by Gasteiger charge is 2.62. The fourth-order valence-electron chi connectivity index (χ4n) is 8.74. The van der Waals surface area contributed by atoms with E-state index in [1.165, 1.54) is 33.3 Å². The van der Waals surface area contributed by atoms with Gasteiger partial charge in [-0.3, -0.25) is 9.59 Å². The maximum atomic E-state index is 11.9. The van der Waals surface area contributed by atoms with Crippen LogP contribution in [0.15, 0.2) is 11.6 Å². The molecule has 6 heteroatoms. The summed E-state index contributed by atoms with van der Waals surface area (Å²) in [7, 11) is 1.47. The van der Waals surface area contributed by atoms with Crippen molar-refractivity contribution < 1.29 is 28.8 Å². The standard InChI is InChI=1S/C31H50O6/c1-19(9-14-28(33)34-8)24-12-13-25-23-11-10-21-17-22(35-20(2)32)15-16-30(21,6)26(23)18-27(31(24,25)7)36-37-29(3,4)5/h18-19,21-25,27H,9-17H2,1-8H3/t19-,21-,22-,23?,24?,25?,27-,30+,31-/m1/s1. The number of rotatable bonds is 7. The number of carbonyl (C=O) groups is 2. The molecule has 0 aromatic carbocycles. The Morgan fingerprint density at radius 1 is 1.11 bits per heavy atom. The third-order valence-electron chi connectivity index (χ3n) is 10.6. The monoisotopic (exact) mass is 518 g/mol. The lowest BCUT2D eigenvalue weighted by atomic mass is 9.47. The molecule has 0 aromatic heterocycles. The molecule has 210 valence electrons. The van der Waals surface area contributed by atoms with Crippen molar-refractivity contribution in [1.29, 1.82) is 0 Å². The minimum Gasteiger partial charge on any atom is -0.469 e. The van der Waals surface area contributed by atoms with Crippen molar-refractivity contribution in [3.05, 3.63) is 11.6 Å². The van der Waals surface area contributed by atoms with Crippen LogP contribution in [0.4, 0.5) is 0 Å². The maximum absolute atomic E-state index is 11.9. The molecule has 3 saturated carbocycles. The zero-order chi connectivity index (χ0) is 27.2. The summed E-state index contributed by atoms with van der Waals surface area (Å²) < 4.78 is 10.6. The van der Waals surface area contributed by atoms with Gasteiger partial charge >= 0.3 is 11.9 Å². The Kier molecular flexibility index (Phi) is 8.22. The summed E-state index contributed by atoms with van der Waals surface area (Å²) in [6, 6.07) is 0. The Hall–Kier alpha value is -1.40. The lowest BCUT2D eigenvalue weighted by Gasteiger charge is -2.58. The molecule has 9 atom stereocenters. The molecule has 0 amide bonds. The molecule has 0 spiro atoms. The van der Waals surface area contributed by atoms with Crippen molar-refractivity contribution in [1.82, 2.24) is 0 Å². The molecule has 4 aliphatic rings. The number of esters is 2. The van der Waals surface area contributed by atoms with E-state index in [1.807, 2.05) is 20.8 Å². The quantitative estimate of drug-likeness (QED) is 0.160. The summed E-state index contributed by atoms with van der Waals surface area (Å²) in [4.78, 5) is 36.0. The van der Waals surface area contributed by atoms with E-state index in [0.717, 1.165) is 32.1 Å². The van der Waals surface area contributed by atoms with Crippen LogP contribution in [0.3, 0.4) is 0 Å². The lowest BCUT2D eigenvalue weighted by Crippen LogP contribution is -2.54. The van der Waals surface area contributed by atoms with Gasteiger partial charge < -0.3 is 9.47 Å². The Morgan fingerprint density at radius 2 is 1.84 bits per heavy atom. The van der Waals surface area contributed by atoms with Crippen LogP contribution < -0.4 is 0 Å². The van der Waals surface area contributed by atoms with Gasteiger partial charge in [-0.1, -0.05) is 32.4 Å². The van der Waals surface area contributed by atoms with E-state index in [1.54, 1.807) is 5.57 Å². The second-order valence-corrected chi connectivity index (χ2v) is 13.9. The van der Waals surface area contributed by atoms with Crippen molar-refractivity contribution >= 4 is 11.9 Å². The predicted octanol–water partition coefficient (Wildman–Crippen LogP) is 6.81. The molecule has 0 aliphatic heterocycles. The lowest BCUT2D eigenvalue weighted by molar-refractivity contribution is -0.385. The van der Waals surface area contributed by atoms with Crippen LogP contribution in [0.2, 0.25) is 0 Å². The molecule has 0 radical (unpaired) electrons. The van der Waals surface area contributed by atoms with Crippen molar-refractivity contribution in [2.24, 2.45) is 40.4 Å². The minimum absolute atomic E-state index is 0.0457. The van der Waals surface area contributed by atoms with Crippen LogP contribution in [-0.4, -0.2) is 36.9 Å². The van der Waals surface area contributed by atoms with Gasteiger partial charge in [-0.05, 0) is 107 Å². The van der Waals surface area contributed by atoms with Crippen LogP contribution in [0.5, 0.6) is 0 Å². The molecule has 3 unspecified atom stereocenters. The van der Waals surface area contributed by atoms with E-state index in [4.69, 9.17) is 19.2 Å². The summed E-state index contributed by atoms with van der Waals surface area (Å²) in [5.74, 6) is 2.18. The van der Waals surface area contributed by atoms with E-state index >= 15 is 0 Å². The number of methoxy groups -OCH3 is 1.